The zero-order valence-corrected chi connectivity index (χ0v) is 23.2. The lowest BCUT2D eigenvalue weighted by Gasteiger charge is -2.47. The first-order valence-corrected chi connectivity index (χ1v) is 13.9. The number of anilines is 1. The zero-order chi connectivity index (χ0) is 25.4. The molecule has 2 saturated heterocycles. The standard InChI is InChI=1S/C26H30ClN5O3S.ClH/c1-19-17-31(36(34,35)25-6-4-20-15-22(27)5-3-21(20)16-25)18-26(33)32(19)29(2)23-9-13-30(14-10-23)24-7-11-28-12-8-24;/h3-8,11-12,15-16,19,23H,9-10,13-14,17-18H2,1-2H3;1H. The number of hydrogen-bond acceptors (Lipinski definition) is 6. The van der Waals surface area contributed by atoms with Crippen LogP contribution in [0.4, 0.5) is 5.69 Å². The van der Waals surface area contributed by atoms with Gasteiger partial charge in [0, 0.05) is 55.8 Å². The Labute approximate surface area is 229 Å². The highest BCUT2D eigenvalue weighted by Crippen LogP contribution is 2.28. The molecule has 37 heavy (non-hydrogen) atoms. The van der Waals surface area contributed by atoms with Crippen LogP contribution in [-0.2, 0) is 14.8 Å². The Bertz CT molecular complexity index is 1370. The molecular formula is C26H31Cl2N5O3S. The van der Waals surface area contributed by atoms with Crippen LogP contribution in [0.25, 0.3) is 10.8 Å². The molecule has 11 heteroatoms. The van der Waals surface area contributed by atoms with E-state index in [2.05, 4.69) is 9.88 Å². The second-order valence-corrected chi connectivity index (χ2v) is 11.9. The van der Waals surface area contributed by atoms with E-state index in [1.807, 2.05) is 31.1 Å². The molecule has 198 valence electrons. The van der Waals surface area contributed by atoms with E-state index >= 15 is 0 Å². The minimum atomic E-state index is -3.82. The molecule has 8 nitrogen and oxygen atoms in total. The maximum atomic E-state index is 13.4. The van der Waals surface area contributed by atoms with Crippen molar-refractivity contribution in [1.29, 1.82) is 0 Å². The Morgan fingerprint density at radius 2 is 1.65 bits per heavy atom. The summed E-state index contributed by atoms with van der Waals surface area (Å²) >= 11 is 6.06. The molecule has 0 aliphatic carbocycles. The molecule has 2 aliphatic rings. The predicted molar refractivity (Wildman–Crippen MR) is 149 cm³/mol. The number of benzene rings is 2. The van der Waals surface area contributed by atoms with E-state index in [0.29, 0.717) is 5.02 Å². The van der Waals surface area contributed by atoms with Crippen LogP contribution in [-0.4, -0.2) is 78.9 Å². The largest absolute Gasteiger partial charge is 0.371 e. The number of amides is 1. The van der Waals surface area contributed by atoms with Crippen molar-refractivity contribution in [3.8, 4) is 0 Å². The number of piperazine rings is 1. The summed E-state index contributed by atoms with van der Waals surface area (Å²) in [5.74, 6) is -0.205. The number of pyridine rings is 1. The van der Waals surface area contributed by atoms with Gasteiger partial charge in [-0.05, 0) is 66.9 Å². The Hall–Kier alpha value is -2.43. The van der Waals surface area contributed by atoms with Crippen molar-refractivity contribution >= 4 is 56.4 Å². The second kappa shape index (κ2) is 11.1. The number of carbonyl (C=O) groups excluding carboxylic acids is 1. The fourth-order valence-corrected chi connectivity index (χ4v) is 7.00. The second-order valence-electron chi connectivity index (χ2n) is 9.54. The predicted octanol–water partition coefficient (Wildman–Crippen LogP) is 4.05. The Kier molecular flexibility index (Phi) is 8.30. The third kappa shape index (κ3) is 5.56. The summed E-state index contributed by atoms with van der Waals surface area (Å²) in [6.07, 6.45) is 5.43. The molecule has 0 N–H and O–H groups in total. The number of rotatable bonds is 5. The highest BCUT2D eigenvalue weighted by molar-refractivity contribution is 7.89. The molecular weight excluding hydrogens is 533 g/mol. The lowest BCUT2D eigenvalue weighted by molar-refractivity contribution is -0.163. The minimum absolute atomic E-state index is 0. The number of nitrogens with zero attached hydrogens (tertiary/aromatic N) is 5. The molecule has 0 radical (unpaired) electrons. The van der Waals surface area contributed by atoms with E-state index in [-0.39, 0.29) is 48.4 Å². The SMILES string of the molecule is CC1CN(S(=O)(=O)c2ccc3cc(Cl)ccc3c2)CC(=O)N1N(C)C1CCN(c2ccncc2)CC1.Cl. The molecule has 2 fully saturated rings. The van der Waals surface area contributed by atoms with Crippen LogP contribution in [0.15, 0.2) is 65.8 Å². The first kappa shape index (κ1) is 27.6. The van der Waals surface area contributed by atoms with Gasteiger partial charge in [0.15, 0.2) is 0 Å². The minimum Gasteiger partial charge on any atom is -0.371 e. The molecule has 1 atom stereocenters. The fourth-order valence-electron chi connectivity index (χ4n) is 5.31. The van der Waals surface area contributed by atoms with Crippen molar-refractivity contribution in [2.75, 3.05) is 38.1 Å². The van der Waals surface area contributed by atoms with Crippen molar-refractivity contribution in [1.82, 2.24) is 19.3 Å². The highest BCUT2D eigenvalue weighted by Gasteiger charge is 2.40. The Balaban J connectivity index is 0.00000320. The summed E-state index contributed by atoms with van der Waals surface area (Å²) in [5.41, 5.74) is 1.16. The van der Waals surface area contributed by atoms with E-state index < -0.39 is 10.0 Å². The number of piperidine rings is 1. The van der Waals surface area contributed by atoms with Crippen LogP contribution in [0.3, 0.4) is 0 Å². The number of sulfonamides is 1. The van der Waals surface area contributed by atoms with Gasteiger partial charge in [0.1, 0.15) is 0 Å². The maximum Gasteiger partial charge on any atom is 0.252 e. The molecule has 2 aliphatic heterocycles. The molecule has 0 bridgehead atoms. The topological polar surface area (TPSA) is 77.1 Å². The van der Waals surface area contributed by atoms with Gasteiger partial charge in [-0.25, -0.2) is 13.4 Å². The van der Waals surface area contributed by atoms with Gasteiger partial charge >= 0.3 is 0 Å². The molecule has 3 aromatic rings. The van der Waals surface area contributed by atoms with Gasteiger partial charge in [0.25, 0.3) is 5.91 Å². The van der Waals surface area contributed by atoms with Gasteiger partial charge in [-0.15, -0.1) is 12.4 Å². The van der Waals surface area contributed by atoms with Gasteiger partial charge in [-0.1, -0.05) is 23.7 Å². The van der Waals surface area contributed by atoms with Crippen molar-refractivity contribution in [2.45, 2.75) is 36.7 Å². The Morgan fingerprint density at radius 3 is 2.32 bits per heavy atom. The van der Waals surface area contributed by atoms with E-state index in [0.717, 1.165) is 42.4 Å². The smallest absolute Gasteiger partial charge is 0.252 e. The molecule has 1 unspecified atom stereocenters. The summed E-state index contributed by atoms with van der Waals surface area (Å²) in [6.45, 7) is 3.76. The summed E-state index contributed by atoms with van der Waals surface area (Å²) < 4.78 is 28.2. The average molecular weight is 565 g/mol. The number of aromatic nitrogens is 1. The van der Waals surface area contributed by atoms with Crippen molar-refractivity contribution in [2.24, 2.45) is 0 Å². The van der Waals surface area contributed by atoms with Crippen LogP contribution in [0, 0.1) is 0 Å². The molecule has 0 saturated carbocycles. The van der Waals surface area contributed by atoms with Crippen LogP contribution < -0.4 is 4.90 Å². The van der Waals surface area contributed by atoms with Crippen molar-refractivity contribution in [3.05, 3.63) is 65.9 Å². The van der Waals surface area contributed by atoms with Crippen LogP contribution in [0.1, 0.15) is 19.8 Å². The molecule has 5 rings (SSSR count). The van der Waals surface area contributed by atoms with Crippen LogP contribution >= 0.6 is 24.0 Å². The van der Waals surface area contributed by atoms with Gasteiger partial charge in [0.2, 0.25) is 10.0 Å². The summed E-state index contributed by atoms with van der Waals surface area (Å²) in [4.78, 5) is 19.9. The number of hydrazine groups is 1. The number of halogens is 2. The van der Waals surface area contributed by atoms with E-state index in [1.54, 1.807) is 53.8 Å². The van der Waals surface area contributed by atoms with E-state index in [9.17, 15) is 13.2 Å². The lowest BCUT2D eigenvalue weighted by atomic mass is 10.0. The molecule has 0 spiro atoms. The summed E-state index contributed by atoms with van der Waals surface area (Å²) in [6, 6.07) is 14.3. The molecule has 2 aromatic carbocycles. The lowest BCUT2D eigenvalue weighted by Crippen LogP contribution is -2.64. The van der Waals surface area contributed by atoms with E-state index in [1.165, 1.54) is 4.31 Å². The number of hydrogen-bond donors (Lipinski definition) is 0. The highest BCUT2D eigenvalue weighted by atomic mass is 35.5. The Morgan fingerprint density at radius 1 is 1.00 bits per heavy atom. The van der Waals surface area contributed by atoms with Crippen molar-refractivity contribution in [3.63, 3.8) is 0 Å². The van der Waals surface area contributed by atoms with E-state index in [4.69, 9.17) is 11.6 Å². The van der Waals surface area contributed by atoms with Crippen LogP contribution in [0.2, 0.25) is 5.02 Å². The fraction of sp³-hybridized carbons (Fsp3) is 0.385. The monoisotopic (exact) mass is 563 g/mol. The zero-order valence-electron chi connectivity index (χ0n) is 20.8. The third-order valence-corrected chi connectivity index (χ3v) is 9.27. The summed E-state index contributed by atoms with van der Waals surface area (Å²) in [7, 11) is -1.87. The number of carbonyl (C=O) groups is 1. The summed E-state index contributed by atoms with van der Waals surface area (Å²) in [5, 5.41) is 6.03. The average Bonchev–Trinajstić information content (AvgIpc) is 2.88. The normalized spacial score (nSPS) is 19.9. The van der Waals surface area contributed by atoms with Gasteiger partial charge in [0.05, 0.1) is 17.5 Å². The maximum absolute atomic E-state index is 13.4. The van der Waals surface area contributed by atoms with Gasteiger partial charge < -0.3 is 4.90 Å². The first-order valence-electron chi connectivity index (χ1n) is 12.1. The van der Waals surface area contributed by atoms with Crippen LogP contribution in [0.5, 0.6) is 0 Å². The van der Waals surface area contributed by atoms with Gasteiger partial charge in [-0.2, -0.15) is 4.31 Å². The number of fused-ring (bicyclic) bond motifs is 1. The quantitative estimate of drug-likeness (QED) is 0.466. The van der Waals surface area contributed by atoms with Crippen molar-refractivity contribution < 1.29 is 13.2 Å². The molecule has 1 amide bonds. The first-order chi connectivity index (χ1) is 17.2. The third-order valence-electron chi connectivity index (χ3n) is 7.22. The molecule has 1 aromatic heterocycles. The molecule has 3 heterocycles. The van der Waals surface area contributed by atoms with Gasteiger partial charge in [-0.3, -0.25) is 14.8 Å².